The average molecular weight is 338 g/mol. The van der Waals surface area contributed by atoms with E-state index in [2.05, 4.69) is 5.32 Å². The summed E-state index contributed by atoms with van der Waals surface area (Å²) in [5.41, 5.74) is 1.46. The van der Waals surface area contributed by atoms with Gasteiger partial charge in [0, 0.05) is 0 Å². The summed E-state index contributed by atoms with van der Waals surface area (Å²) < 4.78 is 10.8. The van der Waals surface area contributed by atoms with Crippen LogP contribution in [0.4, 0.5) is 10.5 Å². The summed E-state index contributed by atoms with van der Waals surface area (Å²) in [5.74, 6) is 0.789. The maximum atomic E-state index is 12.6. The number of benzene rings is 2. The summed E-state index contributed by atoms with van der Waals surface area (Å²) in [5, 5.41) is 2.60. The van der Waals surface area contributed by atoms with Crippen molar-refractivity contribution in [1.29, 1.82) is 0 Å². The molecule has 0 bridgehead atoms. The van der Waals surface area contributed by atoms with Crippen molar-refractivity contribution in [3.8, 4) is 11.5 Å². The van der Waals surface area contributed by atoms with Crippen LogP contribution in [0.2, 0.25) is 0 Å². The topological polar surface area (TPSA) is 67.9 Å². The van der Waals surface area contributed by atoms with Crippen LogP contribution in [0.15, 0.2) is 54.2 Å². The number of amides is 3. The Morgan fingerprint density at radius 2 is 1.84 bits per heavy atom. The number of methoxy groups -OCH3 is 1. The molecule has 6 heteroatoms. The lowest BCUT2D eigenvalue weighted by Crippen LogP contribution is -2.30. The Balaban J connectivity index is 1.90. The predicted molar refractivity (Wildman–Crippen MR) is 94.6 cm³/mol. The normalized spacial score (nSPS) is 15.4. The summed E-state index contributed by atoms with van der Waals surface area (Å²) >= 11 is 0. The Hall–Kier alpha value is -3.28. The molecular formula is C19H18N2O4. The molecule has 6 nitrogen and oxygen atoms in total. The van der Waals surface area contributed by atoms with E-state index in [0.717, 1.165) is 10.5 Å². The van der Waals surface area contributed by atoms with Crippen molar-refractivity contribution in [3.63, 3.8) is 0 Å². The molecule has 1 saturated heterocycles. The van der Waals surface area contributed by atoms with Crippen molar-refractivity contribution in [1.82, 2.24) is 5.32 Å². The molecule has 0 unspecified atom stereocenters. The molecule has 25 heavy (non-hydrogen) atoms. The Kier molecular flexibility index (Phi) is 4.70. The molecule has 0 saturated carbocycles. The number of imide groups is 1. The Morgan fingerprint density at radius 3 is 2.52 bits per heavy atom. The maximum Gasteiger partial charge on any atom is 0.333 e. The zero-order valence-corrected chi connectivity index (χ0v) is 14.0. The van der Waals surface area contributed by atoms with Crippen molar-refractivity contribution < 1.29 is 19.1 Å². The molecule has 2 aromatic carbocycles. The number of carbonyl (C=O) groups excluding carboxylic acids is 2. The highest BCUT2D eigenvalue weighted by Gasteiger charge is 2.34. The van der Waals surface area contributed by atoms with Crippen molar-refractivity contribution in [2.24, 2.45) is 0 Å². The van der Waals surface area contributed by atoms with Crippen LogP contribution < -0.4 is 19.7 Å². The maximum absolute atomic E-state index is 12.6. The fourth-order valence-corrected chi connectivity index (χ4v) is 2.56. The van der Waals surface area contributed by atoms with Gasteiger partial charge in [-0.15, -0.1) is 0 Å². The SMILES string of the molecule is CCOc1ccc(/C=C2/NC(=O)N(c3ccccc3)C2=O)cc1OC. The van der Waals surface area contributed by atoms with Gasteiger partial charge in [0.05, 0.1) is 19.4 Å². The second kappa shape index (κ2) is 7.09. The predicted octanol–water partition coefficient (Wildman–Crippen LogP) is 3.19. The summed E-state index contributed by atoms with van der Waals surface area (Å²) in [4.78, 5) is 25.8. The number of ether oxygens (including phenoxy) is 2. The first-order valence-electron chi connectivity index (χ1n) is 7.87. The summed E-state index contributed by atoms with van der Waals surface area (Å²) in [6, 6.07) is 13.6. The number of nitrogens with zero attached hydrogens (tertiary/aromatic N) is 1. The number of anilines is 1. The van der Waals surface area contributed by atoms with E-state index in [1.165, 1.54) is 0 Å². The number of para-hydroxylation sites is 1. The third-order valence-corrected chi connectivity index (χ3v) is 3.69. The Bertz CT molecular complexity index is 831. The molecule has 1 aliphatic heterocycles. The van der Waals surface area contributed by atoms with E-state index in [1.54, 1.807) is 55.7 Å². The van der Waals surface area contributed by atoms with E-state index in [-0.39, 0.29) is 5.70 Å². The monoisotopic (exact) mass is 338 g/mol. The first-order chi connectivity index (χ1) is 12.1. The van der Waals surface area contributed by atoms with Crippen LogP contribution >= 0.6 is 0 Å². The lowest BCUT2D eigenvalue weighted by atomic mass is 10.1. The number of carbonyl (C=O) groups is 2. The number of rotatable bonds is 5. The molecule has 0 atom stereocenters. The van der Waals surface area contributed by atoms with E-state index in [1.807, 2.05) is 13.0 Å². The number of hydrogen-bond acceptors (Lipinski definition) is 4. The van der Waals surface area contributed by atoms with Crippen LogP contribution in [-0.4, -0.2) is 25.7 Å². The summed E-state index contributed by atoms with van der Waals surface area (Å²) in [7, 11) is 1.55. The molecule has 128 valence electrons. The average Bonchev–Trinajstić information content (AvgIpc) is 2.90. The molecule has 1 heterocycles. The molecule has 3 rings (SSSR count). The second-order valence-electron chi connectivity index (χ2n) is 5.31. The van der Waals surface area contributed by atoms with Gasteiger partial charge in [0.2, 0.25) is 0 Å². The highest BCUT2D eigenvalue weighted by molar-refractivity contribution is 6.28. The van der Waals surface area contributed by atoms with Crippen LogP contribution in [0.5, 0.6) is 11.5 Å². The fraction of sp³-hybridized carbons (Fsp3) is 0.158. The molecule has 1 fully saturated rings. The van der Waals surface area contributed by atoms with Gasteiger partial charge >= 0.3 is 6.03 Å². The molecule has 3 amide bonds. The van der Waals surface area contributed by atoms with E-state index in [0.29, 0.717) is 23.8 Å². The van der Waals surface area contributed by atoms with E-state index >= 15 is 0 Å². The van der Waals surface area contributed by atoms with Crippen molar-refractivity contribution in [2.75, 3.05) is 18.6 Å². The molecule has 0 radical (unpaired) electrons. The molecular weight excluding hydrogens is 320 g/mol. The second-order valence-corrected chi connectivity index (χ2v) is 5.31. The van der Waals surface area contributed by atoms with Gasteiger partial charge in [-0.1, -0.05) is 24.3 Å². The van der Waals surface area contributed by atoms with E-state index in [4.69, 9.17) is 9.47 Å². The lowest BCUT2D eigenvalue weighted by molar-refractivity contribution is -0.113. The van der Waals surface area contributed by atoms with Gasteiger partial charge in [-0.3, -0.25) is 4.79 Å². The van der Waals surface area contributed by atoms with Gasteiger partial charge in [0.15, 0.2) is 11.5 Å². The molecule has 2 aromatic rings. The van der Waals surface area contributed by atoms with Crippen molar-refractivity contribution in [2.45, 2.75) is 6.92 Å². The molecule has 1 N–H and O–H groups in total. The molecule has 0 aliphatic carbocycles. The highest BCUT2D eigenvalue weighted by Crippen LogP contribution is 2.29. The van der Waals surface area contributed by atoms with Gasteiger partial charge in [0.1, 0.15) is 5.70 Å². The van der Waals surface area contributed by atoms with Gasteiger partial charge in [-0.25, -0.2) is 9.69 Å². The standard InChI is InChI=1S/C19H18N2O4/c1-3-25-16-10-9-13(12-17(16)24-2)11-15-18(22)21(19(23)20-15)14-7-5-4-6-8-14/h4-12H,3H2,1-2H3,(H,20,23)/b15-11+. The quantitative estimate of drug-likeness (QED) is 0.671. The third kappa shape index (κ3) is 3.33. The first-order valence-corrected chi connectivity index (χ1v) is 7.87. The molecule has 0 spiro atoms. The molecule has 1 aliphatic rings. The van der Waals surface area contributed by atoms with E-state index in [9.17, 15) is 9.59 Å². The van der Waals surface area contributed by atoms with Crippen LogP contribution in [0, 0.1) is 0 Å². The minimum atomic E-state index is -0.472. The Labute approximate surface area is 145 Å². The van der Waals surface area contributed by atoms with Crippen molar-refractivity contribution >= 4 is 23.7 Å². The van der Waals surface area contributed by atoms with Gasteiger partial charge < -0.3 is 14.8 Å². The zero-order chi connectivity index (χ0) is 17.8. The highest BCUT2D eigenvalue weighted by atomic mass is 16.5. The largest absolute Gasteiger partial charge is 0.493 e. The first kappa shape index (κ1) is 16.6. The lowest BCUT2D eigenvalue weighted by Gasteiger charge is -2.11. The van der Waals surface area contributed by atoms with Crippen LogP contribution in [0.1, 0.15) is 12.5 Å². The smallest absolute Gasteiger partial charge is 0.333 e. The van der Waals surface area contributed by atoms with Crippen LogP contribution in [0.25, 0.3) is 6.08 Å². The Morgan fingerprint density at radius 1 is 1.08 bits per heavy atom. The van der Waals surface area contributed by atoms with E-state index < -0.39 is 11.9 Å². The van der Waals surface area contributed by atoms with Gasteiger partial charge in [0.25, 0.3) is 5.91 Å². The van der Waals surface area contributed by atoms with Crippen molar-refractivity contribution in [3.05, 3.63) is 59.8 Å². The number of nitrogens with one attached hydrogen (secondary N) is 1. The summed E-state index contributed by atoms with van der Waals surface area (Å²) in [6.07, 6.45) is 1.61. The minimum Gasteiger partial charge on any atom is -0.493 e. The number of hydrogen-bond donors (Lipinski definition) is 1. The zero-order valence-electron chi connectivity index (χ0n) is 14.0. The van der Waals surface area contributed by atoms with Gasteiger partial charge in [-0.05, 0) is 42.8 Å². The minimum absolute atomic E-state index is 0.208. The van der Waals surface area contributed by atoms with Gasteiger partial charge in [-0.2, -0.15) is 0 Å². The number of urea groups is 1. The fourth-order valence-electron chi connectivity index (χ4n) is 2.56. The van der Waals surface area contributed by atoms with Crippen LogP contribution in [0.3, 0.4) is 0 Å². The molecule has 0 aromatic heterocycles. The third-order valence-electron chi connectivity index (χ3n) is 3.69. The summed E-state index contributed by atoms with van der Waals surface area (Å²) in [6.45, 7) is 2.41. The van der Waals surface area contributed by atoms with Crippen LogP contribution in [-0.2, 0) is 4.79 Å².